The Morgan fingerprint density at radius 2 is 1.90 bits per heavy atom. The summed E-state index contributed by atoms with van der Waals surface area (Å²) in [5.74, 6) is -4.88. The molecule has 0 bridgehead atoms. The molecule has 0 spiro atoms. The van der Waals surface area contributed by atoms with Crippen molar-refractivity contribution in [1.29, 1.82) is 0 Å². The molecule has 1 amide bonds. The lowest BCUT2D eigenvalue weighted by Gasteiger charge is -2.35. The number of nitrogens with one attached hydrogen (secondary N) is 1. The highest BCUT2D eigenvalue weighted by molar-refractivity contribution is 5.96. The van der Waals surface area contributed by atoms with E-state index in [0.29, 0.717) is 18.4 Å². The van der Waals surface area contributed by atoms with Gasteiger partial charge in [0.15, 0.2) is 0 Å². The Morgan fingerprint density at radius 3 is 2.65 bits per heavy atom. The predicted molar refractivity (Wildman–Crippen MR) is 143 cm³/mol. The van der Waals surface area contributed by atoms with Gasteiger partial charge in [0.2, 0.25) is 0 Å². The first-order valence-corrected chi connectivity index (χ1v) is 13.7. The van der Waals surface area contributed by atoms with Crippen LogP contribution in [0.15, 0.2) is 77.2 Å². The molecular weight excluding hydrogens is 522 g/mol. The van der Waals surface area contributed by atoms with Gasteiger partial charge < -0.3 is 15.4 Å². The van der Waals surface area contributed by atoms with Crippen LogP contribution in [0.2, 0.25) is 0 Å². The topological polar surface area (TPSA) is 55.8 Å². The highest BCUT2D eigenvalue weighted by Gasteiger charge is 2.46. The first-order chi connectivity index (χ1) is 19.1. The van der Waals surface area contributed by atoms with E-state index in [0.717, 1.165) is 33.0 Å². The predicted octanol–water partition coefficient (Wildman–Crippen LogP) is 6.03. The summed E-state index contributed by atoms with van der Waals surface area (Å²) in [4.78, 5) is 14.2. The highest BCUT2D eigenvalue weighted by atomic mass is 19.3. The molecule has 9 heteroatoms. The van der Waals surface area contributed by atoms with Gasteiger partial charge in [-0.3, -0.25) is 9.80 Å². The van der Waals surface area contributed by atoms with E-state index < -0.39 is 29.8 Å². The van der Waals surface area contributed by atoms with E-state index in [9.17, 15) is 27.5 Å². The summed E-state index contributed by atoms with van der Waals surface area (Å²) in [6.07, 6.45) is 5.45. The molecule has 2 aromatic carbocycles. The van der Waals surface area contributed by atoms with Crippen LogP contribution in [0.5, 0.6) is 0 Å². The van der Waals surface area contributed by atoms with Gasteiger partial charge in [-0.25, -0.2) is 17.6 Å². The molecule has 6 rings (SSSR count). The third-order valence-electron chi connectivity index (χ3n) is 8.64. The Hall–Kier alpha value is -3.59. The summed E-state index contributed by atoms with van der Waals surface area (Å²) < 4.78 is 56.4. The van der Waals surface area contributed by atoms with Crippen LogP contribution in [0.25, 0.3) is 0 Å². The van der Waals surface area contributed by atoms with Gasteiger partial charge in [-0.15, -0.1) is 0 Å². The van der Waals surface area contributed by atoms with Crippen LogP contribution in [0.3, 0.4) is 0 Å². The second kappa shape index (κ2) is 9.80. The number of alkyl halides is 2. The summed E-state index contributed by atoms with van der Waals surface area (Å²) in [7, 11) is 0. The van der Waals surface area contributed by atoms with Crippen molar-refractivity contribution in [3.63, 3.8) is 0 Å². The standard InChI is InChI=1S/C31H31F4N3O2/c1-19-24-17-36-38(23-8-6-22(32)7-9-23)26(24)16-21-11-14-30(40,28(19)21)13-10-20-4-2-5-25(33)27(20)29(39)37-15-3-12-31(34,35)18-37/h2,4-9,16-17,19,36,40H,3,10-15,18H2,1H3/t19-,30-/m0/s1. The number of aliphatic hydroxyl groups is 1. The van der Waals surface area contributed by atoms with E-state index in [4.69, 9.17) is 0 Å². The van der Waals surface area contributed by atoms with Gasteiger partial charge in [0.25, 0.3) is 11.8 Å². The molecule has 2 aliphatic carbocycles. The lowest BCUT2D eigenvalue weighted by molar-refractivity contribution is -0.0561. The summed E-state index contributed by atoms with van der Waals surface area (Å²) in [5, 5.41) is 13.8. The number of hydrazine groups is 1. The number of halogens is 4. The van der Waals surface area contributed by atoms with Crippen molar-refractivity contribution in [1.82, 2.24) is 10.3 Å². The third kappa shape index (κ3) is 4.60. The molecule has 0 radical (unpaired) electrons. The van der Waals surface area contributed by atoms with Crippen molar-refractivity contribution >= 4 is 11.6 Å². The lowest BCUT2D eigenvalue weighted by Crippen LogP contribution is -2.46. The van der Waals surface area contributed by atoms with Crippen molar-refractivity contribution in [3.05, 3.63) is 99.9 Å². The molecule has 1 fully saturated rings. The van der Waals surface area contributed by atoms with Crippen LogP contribution < -0.4 is 10.4 Å². The Bertz CT molecular complexity index is 1450. The summed E-state index contributed by atoms with van der Waals surface area (Å²) in [6, 6.07) is 10.5. The molecule has 0 aromatic heterocycles. The molecule has 40 heavy (non-hydrogen) atoms. The van der Waals surface area contributed by atoms with Gasteiger partial charge in [0.05, 0.1) is 29.1 Å². The van der Waals surface area contributed by atoms with Crippen LogP contribution >= 0.6 is 0 Å². The van der Waals surface area contributed by atoms with E-state index in [-0.39, 0.29) is 49.5 Å². The molecule has 0 saturated carbocycles. The van der Waals surface area contributed by atoms with E-state index in [1.54, 1.807) is 18.2 Å². The van der Waals surface area contributed by atoms with Crippen LogP contribution in [0, 0.1) is 17.6 Å². The molecule has 5 nitrogen and oxygen atoms in total. The molecular formula is C31H31F4N3O2. The average Bonchev–Trinajstić information content (AvgIpc) is 3.49. The molecule has 2 N–H and O–H groups in total. The zero-order chi connectivity index (χ0) is 28.2. The molecule has 4 aliphatic rings. The maximum Gasteiger partial charge on any atom is 0.265 e. The Kier molecular flexibility index (Phi) is 6.52. The van der Waals surface area contributed by atoms with Crippen LogP contribution in [0.4, 0.5) is 23.2 Å². The first kappa shape index (κ1) is 26.6. The van der Waals surface area contributed by atoms with Crippen molar-refractivity contribution in [3.8, 4) is 0 Å². The molecule has 2 atom stereocenters. The minimum Gasteiger partial charge on any atom is -0.385 e. The molecule has 2 heterocycles. The number of rotatable bonds is 5. The summed E-state index contributed by atoms with van der Waals surface area (Å²) >= 11 is 0. The summed E-state index contributed by atoms with van der Waals surface area (Å²) in [6.45, 7) is 1.48. The number of benzene rings is 2. The third-order valence-corrected chi connectivity index (χ3v) is 8.64. The number of amides is 1. The maximum atomic E-state index is 15.0. The smallest absolute Gasteiger partial charge is 0.265 e. The second-order valence-electron chi connectivity index (χ2n) is 11.2. The quantitative estimate of drug-likeness (QED) is 0.444. The van der Waals surface area contributed by atoms with Crippen LogP contribution in [-0.4, -0.2) is 40.5 Å². The van der Waals surface area contributed by atoms with E-state index in [2.05, 4.69) is 11.5 Å². The minimum atomic E-state index is -2.99. The second-order valence-corrected chi connectivity index (χ2v) is 11.2. The molecule has 2 aromatic rings. The van der Waals surface area contributed by atoms with Crippen molar-refractivity contribution < 1.29 is 27.5 Å². The van der Waals surface area contributed by atoms with E-state index >= 15 is 0 Å². The number of nitrogens with zero attached hydrogens (tertiary/aromatic N) is 2. The molecule has 0 unspecified atom stereocenters. The molecule has 1 saturated heterocycles. The number of carbonyl (C=O) groups excluding carboxylic acids is 1. The van der Waals surface area contributed by atoms with Crippen LogP contribution in [-0.2, 0) is 6.42 Å². The number of piperidine rings is 1. The number of hydrogen-bond acceptors (Lipinski definition) is 4. The average molecular weight is 554 g/mol. The molecule has 2 aliphatic heterocycles. The number of carbonyl (C=O) groups is 1. The first-order valence-electron chi connectivity index (χ1n) is 13.7. The number of fused-ring (bicyclic) bond motifs is 1. The zero-order valence-corrected chi connectivity index (χ0v) is 22.2. The maximum absolute atomic E-state index is 15.0. The van der Waals surface area contributed by atoms with E-state index in [1.165, 1.54) is 24.3 Å². The fourth-order valence-electron chi connectivity index (χ4n) is 6.68. The lowest BCUT2D eigenvalue weighted by atomic mass is 9.76. The van der Waals surface area contributed by atoms with Crippen molar-refractivity contribution in [2.75, 3.05) is 18.1 Å². The van der Waals surface area contributed by atoms with Gasteiger partial charge >= 0.3 is 0 Å². The largest absolute Gasteiger partial charge is 0.385 e. The molecule has 210 valence electrons. The number of likely N-dealkylation sites (tertiary alicyclic amines) is 1. The Morgan fingerprint density at radius 1 is 1.12 bits per heavy atom. The van der Waals surface area contributed by atoms with E-state index in [1.807, 2.05) is 18.1 Å². The normalized spacial score (nSPS) is 25.3. The van der Waals surface area contributed by atoms with Gasteiger partial charge in [0.1, 0.15) is 11.6 Å². The summed E-state index contributed by atoms with van der Waals surface area (Å²) in [5.41, 5.74) is 6.97. The van der Waals surface area contributed by atoms with Crippen molar-refractivity contribution in [2.45, 2.75) is 57.0 Å². The van der Waals surface area contributed by atoms with Crippen LogP contribution in [0.1, 0.15) is 54.9 Å². The Labute approximate surface area is 230 Å². The minimum absolute atomic E-state index is 0.107. The van der Waals surface area contributed by atoms with Gasteiger partial charge in [-0.2, -0.15) is 0 Å². The zero-order valence-electron chi connectivity index (χ0n) is 22.2. The van der Waals surface area contributed by atoms with Gasteiger partial charge in [0, 0.05) is 30.7 Å². The fraction of sp³-hybridized carbons (Fsp3) is 0.387. The number of anilines is 1. The number of hydrogen-bond donors (Lipinski definition) is 2. The van der Waals surface area contributed by atoms with Gasteiger partial charge in [-0.05, 0) is 85.2 Å². The van der Waals surface area contributed by atoms with Gasteiger partial charge in [-0.1, -0.05) is 19.1 Å². The number of aryl methyl sites for hydroxylation is 1. The SMILES string of the molecule is C[C@H]1C2=CNN(c3ccc(F)cc3)C2=CC2=C1[C@](O)(CCc1cccc(F)c1C(=O)N1CCCC(F)(F)C1)CC2. The highest BCUT2D eigenvalue weighted by Crippen LogP contribution is 2.51. The Balaban J connectivity index is 1.25. The fourth-order valence-corrected chi connectivity index (χ4v) is 6.68. The number of allylic oxidation sites excluding steroid dienone is 3. The monoisotopic (exact) mass is 553 g/mol. The van der Waals surface area contributed by atoms with Crippen molar-refractivity contribution in [2.24, 2.45) is 5.92 Å².